The minimum absolute atomic E-state index is 0.412. The van der Waals surface area contributed by atoms with Crippen LogP contribution in [0.25, 0.3) is 177 Å². The Morgan fingerprint density at radius 2 is 0.342 bits per heavy atom. The Bertz CT molecular complexity index is 6660. The molecule has 0 heterocycles. The van der Waals surface area contributed by atoms with Gasteiger partial charge in [-0.1, -0.05) is 467 Å². The lowest BCUT2D eigenvalue weighted by atomic mass is 9.70. The number of benzene rings is 21. The lowest BCUT2D eigenvalue weighted by molar-refractivity contribution is 0.693. The van der Waals surface area contributed by atoms with Gasteiger partial charge in [-0.3, -0.25) is 0 Å². The summed E-state index contributed by atoms with van der Waals surface area (Å²) in [6, 6.07) is 162. The first-order valence-electron chi connectivity index (χ1n) is 40.7. The lowest BCUT2D eigenvalue weighted by Crippen LogP contribution is -2.25. The van der Waals surface area contributed by atoms with E-state index >= 15 is 0 Å². The van der Waals surface area contributed by atoms with Gasteiger partial charge in [0, 0.05) is 5.41 Å². The van der Waals surface area contributed by atoms with E-state index in [-0.39, 0.29) is 0 Å². The van der Waals surface area contributed by atoms with Crippen molar-refractivity contribution in [2.45, 2.75) is 18.8 Å². The van der Waals surface area contributed by atoms with Crippen LogP contribution in [0.4, 0.5) is 0 Å². The van der Waals surface area contributed by atoms with E-state index in [1.807, 2.05) is 0 Å². The fourth-order valence-electron chi connectivity index (χ4n) is 18.5. The lowest BCUT2D eigenvalue weighted by Gasteiger charge is -2.32. The highest BCUT2D eigenvalue weighted by atomic mass is 14.3. The van der Waals surface area contributed by atoms with Gasteiger partial charge in [-0.05, 0) is 216 Å². The van der Waals surface area contributed by atoms with Gasteiger partial charge in [-0.15, -0.1) is 0 Å². The van der Waals surface area contributed by atoms with Crippen LogP contribution in [0.15, 0.2) is 443 Å². The molecular weight excluding hydrogens is 1410 g/mol. The molecule has 0 aliphatic heterocycles. The number of hydrogen-bond acceptors (Lipinski definition) is 0. The number of hydrogen-bond donors (Lipinski definition) is 0. The van der Waals surface area contributed by atoms with Crippen LogP contribution in [0.2, 0.25) is 0 Å². The molecule has 0 aliphatic rings. The predicted octanol–water partition coefficient (Wildman–Crippen LogP) is 31.9. The van der Waals surface area contributed by atoms with Crippen molar-refractivity contribution in [3.8, 4) is 66.8 Å². The van der Waals surface area contributed by atoms with E-state index < -0.39 is 5.41 Å². The van der Waals surface area contributed by atoms with Crippen LogP contribution in [-0.2, 0) is 11.8 Å². The van der Waals surface area contributed by atoms with Crippen molar-refractivity contribution in [3.05, 3.63) is 493 Å². The van der Waals surface area contributed by atoms with Crippen molar-refractivity contribution in [1.29, 1.82) is 0 Å². The van der Waals surface area contributed by atoms with Crippen LogP contribution in [0, 0.1) is 0 Å². The summed E-state index contributed by atoms with van der Waals surface area (Å²) in [7, 11) is 0. The van der Waals surface area contributed by atoms with Crippen LogP contribution in [-0.4, -0.2) is 0 Å². The molecule has 0 nitrogen and oxygen atoms in total. The van der Waals surface area contributed by atoms with Gasteiger partial charge in [0.2, 0.25) is 0 Å². The second kappa shape index (κ2) is 31.3. The fourth-order valence-corrected chi connectivity index (χ4v) is 18.5. The Balaban J connectivity index is 0.000000153. The Morgan fingerprint density at radius 3 is 0.590 bits per heavy atom. The molecule has 21 aromatic carbocycles. The highest BCUT2D eigenvalue weighted by Crippen LogP contribution is 2.49. The van der Waals surface area contributed by atoms with Gasteiger partial charge >= 0.3 is 0 Å². The summed E-state index contributed by atoms with van der Waals surface area (Å²) in [5, 5.41) is 20.3. The topological polar surface area (TPSA) is 0 Å². The van der Waals surface area contributed by atoms with E-state index in [2.05, 4.69) is 474 Å². The zero-order chi connectivity index (χ0) is 78.0. The van der Waals surface area contributed by atoms with E-state index in [1.165, 1.54) is 203 Å². The first-order chi connectivity index (χ1) is 58.0. The molecule has 0 amide bonds. The summed E-state index contributed by atoms with van der Waals surface area (Å²) >= 11 is 0. The average molecular weight is 1490 g/mol. The molecule has 0 radical (unpaired) electrons. The van der Waals surface area contributed by atoms with Gasteiger partial charge < -0.3 is 0 Å². The molecule has 21 aromatic rings. The molecule has 0 N–H and O–H groups in total. The van der Waals surface area contributed by atoms with E-state index in [0.29, 0.717) is 0 Å². The van der Waals surface area contributed by atoms with Crippen molar-refractivity contribution in [2.24, 2.45) is 0 Å². The van der Waals surface area contributed by atoms with Gasteiger partial charge in [-0.2, -0.15) is 0 Å². The maximum atomic E-state index is 2.38. The van der Waals surface area contributed by atoms with E-state index in [4.69, 9.17) is 0 Å². The van der Waals surface area contributed by atoms with Crippen LogP contribution in [0.5, 0.6) is 0 Å². The molecule has 0 atom stereocenters. The minimum Gasteiger partial charge on any atom is -0.0622 e. The monoisotopic (exact) mass is 1490 g/mol. The van der Waals surface area contributed by atoms with Gasteiger partial charge in [0.1, 0.15) is 0 Å². The molecule has 0 aliphatic carbocycles. The van der Waals surface area contributed by atoms with E-state index in [9.17, 15) is 0 Å². The molecule has 0 unspecified atom stereocenters. The van der Waals surface area contributed by atoms with Crippen molar-refractivity contribution in [1.82, 2.24) is 0 Å². The Hall–Kier alpha value is -14.8. The molecule has 117 heavy (non-hydrogen) atoms. The first kappa shape index (κ1) is 71.2. The second-order valence-corrected chi connectivity index (χ2v) is 30.9. The quantitative estimate of drug-likeness (QED) is 0.0545. The molecule has 0 heteroatoms. The Kier molecular flexibility index (Phi) is 19.0. The summed E-state index contributed by atoms with van der Waals surface area (Å²) in [4.78, 5) is 0. The van der Waals surface area contributed by atoms with Crippen LogP contribution >= 0.6 is 0 Å². The molecular formula is C117H82. The summed E-state index contributed by atoms with van der Waals surface area (Å²) < 4.78 is 0. The molecule has 0 saturated heterocycles. The third kappa shape index (κ3) is 13.3. The minimum atomic E-state index is -0.412. The maximum absolute atomic E-state index is 2.38. The third-order valence-corrected chi connectivity index (χ3v) is 24.2. The first-order valence-corrected chi connectivity index (χ1v) is 40.7. The summed E-state index contributed by atoms with van der Waals surface area (Å²) in [5.74, 6) is 0. The molecule has 0 aromatic heterocycles. The number of fused-ring (bicyclic) bond motifs is 8. The zero-order valence-electron chi connectivity index (χ0n) is 65.2. The SMILES string of the molecule is CC(c1ccccc1)(c1ccc(-c2c3ccccc3c(/C=C/c3ccccc3)c3ccccc23)cc1)c1ccc(-c2c3ccccc3c(/C=C/c3ccccc3)c3ccccc23)cc1.c1ccc(-c2c3ccccc3c(-c3ccc(Cc4ccc(-c5c6ccccc6c(-c6ccccc6)c6ccccc56)cc4)cc3)c3ccccc23)cc1. The third-order valence-electron chi connectivity index (χ3n) is 24.2. The number of rotatable bonds is 15. The van der Waals surface area contributed by atoms with Crippen LogP contribution in [0.3, 0.4) is 0 Å². The molecule has 0 bridgehead atoms. The molecule has 0 fully saturated rings. The summed E-state index contributed by atoms with van der Waals surface area (Å²) in [5.41, 5.74) is 25.9. The zero-order valence-corrected chi connectivity index (χ0v) is 65.2. The van der Waals surface area contributed by atoms with Gasteiger partial charge in [0.05, 0.1) is 0 Å². The smallest absolute Gasteiger partial charge is 0.0423 e. The molecule has 550 valence electrons. The molecule has 21 rings (SSSR count). The second-order valence-electron chi connectivity index (χ2n) is 30.9. The van der Waals surface area contributed by atoms with E-state index in [0.717, 1.165) is 6.42 Å². The largest absolute Gasteiger partial charge is 0.0622 e. The van der Waals surface area contributed by atoms with Crippen LogP contribution < -0.4 is 0 Å². The van der Waals surface area contributed by atoms with Gasteiger partial charge in [-0.25, -0.2) is 0 Å². The van der Waals surface area contributed by atoms with Gasteiger partial charge in [0.15, 0.2) is 0 Å². The standard InChI is InChI=1S/C64H46.C53H36/c1-64(49-23-9-4-10-24-49,50-39-35-47(36-40-50)62-58-29-15-11-25-52(58)56(53-26-12-16-30-59(53)62)43-33-45-19-5-2-6-20-45)51-41-37-48(38-42-51)63-60-31-17-13-27-54(60)57(55-28-14-18-32-61(55)63)44-34-46-21-7-3-8-22-46;1-3-15-38(16-4-1)50-42-19-7-11-23-46(42)52(47-24-12-8-20-43(47)50)40-31-27-36(28-32-40)35-37-29-33-41(34-30-37)53-48-25-13-9-21-44(48)51(39-17-5-2-6-18-39)45-22-10-14-26-49(45)53/h2-44H,1H3;1-34H,35H2/b43-33+,44-34+;. The van der Waals surface area contributed by atoms with Crippen molar-refractivity contribution < 1.29 is 0 Å². The van der Waals surface area contributed by atoms with E-state index in [1.54, 1.807) is 0 Å². The van der Waals surface area contributed by atoms with Crippen molar-refractivity contribution in [3.63, 3.8) is 0 Å². The Labute approximate surface area is 684 Å². The predicted molar refractivity (Wildman–Crippen MR) is 504 cm³/mol. The summed E-state index contributed by atoms with van der Waals surface area (Å²) in [6.07, 6.45) is 9.91. The van der Waals surface area contributed by atoms with Crippen molar-refractivity contribution >= 4 is 110 Å². The Morgan fingerprint density at radius 1 is 0.162 bits per heavy atom. The average Bonchev–Trinajstić information content (AvgIpc) is 0.753. The highest BCUT2D eigenvalue weighted by molar-refractivity contribution is 6.24. The maximum Gasteiger partial charge on any atom is 0.0423 e. The van der Waals surface area contributed by atoms with Gasteiger partial charge in [0.25, 0.3) is 0 Å². The molecule has 0 saturated carbocycles. The molecule has 0 spiro atoms. The summed E-state index contributed by atoms with van der Waals surface area (Å²) in [6.45, 7) is 2.38. The van der Waals surface area contributed by atoms with Crippen molar-refractivity contribution in [2.75, 3.05) is 0 Å². The highest BCUT2D eigenvalue weighted by Gasteiger charge is 2.32. The normalized spacial score (nSPS) is 11.8. The fraction of sp³-hybridized carbons (Fsp3) is 0.0256. The van der Waals surface area contributed by atoms with Crippen LogP contribution in [0.1, 0.15) is 57.0 Å².